The quantitative estimate of drug-likeness (QED) is 0.905. The molecule has 1 aromatic heterocycles. The Morgan fingerprint density at radius 2 is 2.17 bits per heavy atom. The molecule has 3 heterocycles. The Bertz CT molecular complexity index is 732. The van der Waals surface area contributed by atoms with Crippen LogP contribution in [0.2, 0.25) is 5.02 Å². The van der Waals surface area contributed by atoms with E-state index >= 15 is 0 Å². The van der Waals surface area contributed by atoms with E-state index in [1.54, 1.807) is 11.0 Å². The van der Waals surface area contributed by atoms with Crippen LogP contribution in [0.3, 0.4) is 0 Å². The first-order chi connectivity index (χ1) is 11.2. The molecule has 4 rings (SSSR count). The lowest BCUT2D eigenvalue weighted by Crippen LogP contribution is -2.64. The highest BCUT2D eigenvalue weighted by molar-refractivity contribution is 6.30. The monoisotopic (exact) mass is 332 g/mol. The molecule has 2 aliphatic rings. The van der Waals surface area contributed by atoms with Gasteiger partial charge in [0, 0.05) is 49.4 Å². The Balaban J connectivity index is 1.58. The standard InChI is InChI=1S/C16H17ClN4O2/c17-12-3-1-2-11(8-12)13-9-15(23-19-13)21-7-6-20-5-4-18-10-14(20)16(21)22/h1-3,8-9,14,18H,4-7,10H2/t14-/m0/s1. The third-order valence-electron chi connectivity index (χ3n) is 4.40. The summed E-state index contributed by atoms with van der Waals surface area (Å²) in [6.07, 6.45) is 0. The normalized spacial score (nSPS) is 22.2. The van der Waals surface area contributed by atoms with E-state index in [-0.39, 0.29) is 11.9 Å². The first-order valence-electron chi connectivity index (χ1n) is 7.71. The summed E-state index contributed by atoms with van der Waals surface area (Å²) in [7, 11) is 0. The number of hydrogen-bond acceptors (Lipinski definition) is 5. The maximum absolute atomic E-state index is 12.7. The molecule has 6 nitrogen and oxygen atoms in total. The number of carbonyl (C=O) groups excluding carboxylic acids is 1. The fourth-order valence-electron chi connectivity index (χ4n) is 3.17. The van der Waals surface area contributed by atoms with Crippen LogP contribution in [0.4, 0.5) is 5.88 Å². The molecule has 2 aromatic rings. The van der Waals surface area contributed by atoms with Crippen LogP contribution in [-0.2, 0) is 4.79 Å². The Morgan fingerprint density at radius 1 is 1.26 bits per heavy atom. The predicted molar refractivity (Wildman–Crippen MR) is 87.5 cm³/mol. The third-order valence-corrected chi connectivity index (χ3v) is 4.64. The van der Waals surface area contributed by atoms with Crippen molar-refractivity contribution in [2.75, 3.05) is 37.6 Å². The number of nitrogens with zero attached hydrogens (tertiary/aromatic N) is 3. The average Bonchev–Trinajstić information content (AvgIpc) is 3.05. The number of piperazine rings is 2. The van der Waals surface area contributed by atoms with Gasteiger partial charge in [0.25, 0.3) is 0 Å². The maximum atomic E-state index is 12.7. The first kappa shape index (κ1) is 14.7. The van der Waals surface area contributed by atoms with Gasteiger partial charge < -0.3 is 9.84 Å². The Hall–Kier alpha value is -1.89. The number of hydrogen-bond donors (Lipinski definition) is 1. The molecule has 1 aromatic carbocycles. The minimum Gasteiger partial charge on any atom is -0.338 e. The second-order valence-corrected chi connectivity index (χ2v) is 6.24. The molecule has 1 amide bonds. The van der Waals surface area contributed by atoms with Crippen molar-refractivity contribution in [1.82, 2.24) is 15.4 Å². The second-order valence-electron chi connectivity index (χ2n) is 5.81. The van der Waals surface area contributed by atoms with E-state index in [0.717, 1.165) is 25.2 Å². The lowest BCUT2D eigenvalue weighted by molar-refractivity contribution is -0.126. The van der Waals surface area contributed by atoms with Crippen molar-refractivity contribution in [3.63, 3.8) is 0 Å². The van der Waals surface area contributed by atoms with Crippen molar-refractivity contribution in [1.29, 1.82) is 0 Å². The summed E-state index contributed by atoms with van der Waals surface area (Å²) in [5, 5.41) is 8.00. The zero-order valence-corrected chi connectivity index (χ0v) is 13.3. The number of fused-ring (bicyclic) bond motifs is 1. The predicted octanol–water partition coefficient (Wildman–Crippen LogP) is 1.62. The molecule has 2 aliphatic heterocycles. The number of halogens is 1. The van der Waals surface area contributed by atoms with Gasteiger partial charge in [0.1, 0.15) is 11.7 Å². The highest BCUT2D eigenvalue weighted by Gasteiger charge is 2.38. The Labute approximate surface area is 139 Å². The van der Waals surface area contributed by atoms with Crippen LogP contribution in [0.5, 0.6) is 0 Å². The highest BCUT2D eigenvalue weighted by Crippen LogP contribution is 2.28. The van der Waals surface area contributed by atoms with E-state index in [1.807, 2.05) is 24.3 Å². The molecule has 23 heavy (non-hydrogen) atoms. The minimum absolute atomic E-state index is 0.0669. The summed E-state index contributed by atoms with van der Waals surface area (Å²) in [6, 6.07) is 9.10. The van der Waals surface area contributed by atoms with Gasteiger partial charge in [-0.05, 0) is 12.1 Å². The van der Waals surface area contributed by atoms with Gasteiger partial charge in [-0.2, -0.15) is 0 Å². The van der Waals surface area contributed by atoms with Gasteiger partial charge in [-0.3, -0.25) is 14.6 Å². The molecular weight excluding hydrogens is 316 g/mol. The lowest BCUT2D eigenvalue weighted by Gasteiger charge is -2.42. The zero-order valence-electron chi connectivity index (χ0n) is 12.5. The third kappa shape index (κ3) is 2.73. The van der Waals surface area contributed by atoms with Gasteiger partial charge in [-0.25, -0.2) is 0 Å². The van der Waals surface area contributed by atoms with E-state index in [2.05, 4.69) is 15.4 Å². The van der Waals surface area contributed by atoms with Crippen LogP contribution < -0.4 is 10.2 Å². The van der Waals surface area contributed by atoms with Crippen LogP contribution in [-0.4, -0.2) is 54.7 Å². The van der Waals surface area contributed by atoms with Gasteiger partial charge >= 0.3 is 0 Å². The van der Waals surface area contributed by atoms with Crippen LogP contribution in [0, 0.1) is 0 Å². The van der Waals surface area contributed by atoms with Crippen molar-refractivity contribution in [3.8, 4) is 11.3 Å². The topological polar surface area (TPSA) is 61.6 Å². The Morgan fingerprint density at radius 3 is 3.04 bits per heavy atom. The average molecular weight is 333 g/mol. The van der Waals surface area contributed by atoms with Crippen molar-refractivity contribution in [3.05, 3.63) is 35.4 Å². The van der Waals surface area contributed by atoms with Gasteiger partial charge in [-0.1, -0.05) is 28.9 Å². The molecule has 2 fully saturated rings. The number of benzene rings is 1. The summed E-state index contributed by atoms with van der Waals surface area (Å²) in [6.45, 7) is 4.01. The summed E-state index contributed by atoms with van der Waals surface area (Å²) in [5.74, 6) is 0.562. The van der Waals surface area contributed by atoms with E-state index < -0.39 is 0 Å². The highest BCUT2D eigenvalue weighted by atomic mass is 35.5. The van der Waals surface area contributed by atoms with Gasteiger partial charge in [0.15, 0.2) is 0 Å². The van der Waals surface area contributed by atoms with E-state index in [1.165, 1.54) is 0 Å². The van der Waals surface area contributed by atoms with Gasteiger partial charge in [0.2, 0.25) is 11.8 Å². The summed E-state index contributed by atoms with van der Waals surface area (Å²) >= 11 is 6.01. The SMILES string of the molecule is O=C1[C@@H]2CNCCN2CCN1c1cc(-c2cccc(Cl)c2)no1. The van der Waals surface area contributed by atoms with Crippen LogP contribution in [0.1, 0.15) is 0 Å². The summed E-state index contributed by atoms with van der Waals surface area (Å²) in [5.41, 5.74) is 1.55. The van der Waals surface area contributed by atoms with Crippen LogP contribution in [0.25, 0.3) is 11.3 Å². The lowest BCUT2D eigenvalue weighted by atomic mass is 10.1. The summed E-state index contributed by atoms with van der Waals surface area (Å²) in [4.78, 5) is 16.6. The van der Waals surface area contributed by atoms with Crippen LogP contribution >= 0.6 is 11.6 Å². The molecule has 0 radical (unpaired) electrons. The molecule has 0 aliphatic carbocycles. The Kier molecular flexibility index (Phi) is 3.80. The van der Waals surface area contributed by atoms with E-state index in [0.29, 0.717) is 29.7 Å². The smallest absolute Gasteiger partial charge is 0.248 e. The molecule has 0 spiro atoms. The molecule has 120 valence electrons. The number of carbonyl (C=O) groups is 1. The van der Waals surface area contributed by atoms with Gasteiger partial charge in [-0.15, -0.1) is 0 Å². The van der Waals surface area contributed by atoms with Crippen molar-refractivity contribution >= 4 is 23.4 Å². The van der Waals surface area contributed by atoms with Crippen molar-refractivity contribution in [2.24, 2.45) is 0 Å². The minimum atomic E-state index is -0.114. The van der Waals surface area contributed by atoms with Crippen molar-refractivity contribution in [2.45, 2.75) is 6.04 Å². The van der Waals surface area contributed by atoms with Crippen LogP contribution in [0.15, 0.2) is 34.9 Å². The maximum Gasteiger partial charge on any atom is 0.248 e. The first-order valence-corrected chi connectivity index (χ1v) is 8.09. The number of nitrogens with one attached hydrogen (secondary N) is 1. The fourth-order valence-corrected chi connectivity index (χ4v) is 3.36. The second kappa shape index (κ2) is 5.96. The fraction of sp³-hybridized carbons (Fsp3) is 0.375. The number of aromatic nitrogens is 1. The molecule has 7 heteroatoms. The molecule has 1 atom stereocenters. The zero-order chi connectivity index (χ0) is 15.8. The number of amides is 1. The molecule has 0 bridgehead atoms. The van der Waals surface area contributed by atoms with Crippen molar-refractivity contribution < 1.29 is 9.32 Å². The van der Waals surface area contributed by atoms with Gasteiger partial charge in [0.05, 0.1) is 0 Å². The molecule has 2 saturated heterocycles. The number of rotatable bonds is 2. The largest absolute Gasteiger partial charge is 0.338 e. The van der Waals surface area contributed by atoms with E-state index in [9.17, 15) is 4.79 Å². The number of anilines is 1. The molecular formula is C16H17ClN4O2. The molecule has 1 N–H and O–H groups in total. The van der Waals surface area contributed by atoms with E-state index in [4.69, 9.17) is 16.1 Å². The summed E-state index contributed by atoms with van der Waals surface area (Å²) < 4.78 is 5.42. The molecule has 0 saturated carbocycles. The molecule has 0 unspecified atom stereocenters.